The average molecular weight is 774 g/mol. The molecule has 0 bridgehead atoms. The first-order valence-electron chi connectivity index (χ1n) is 17.8. The van der Waals surface area contributed by atoms with Crippen molar-refractivity contribution in [3.63, 3.8) is 0 Å². The van der Waals surface area contributed by atoms with Crippen LogP contribution in [0.2, 0.25) is 0 Å². The van der Waals surface area contributed by atoms with Gasteiger partial charge in [0.05, 0.1) is 16.9 Å². The van der Waals surface area contributed by atoms with Crippen molar-refractivity contribution < 1.29 is 67.4 Å². The van der Waals surface area contributed by atoms with Crippen LogP contribution < -0.4 is 0 Å². The number of fused-ring (bicyclic) bond motifs is 10. The van der Waals surface area contributed by atoms with E-state index < -0.39 is 152 Å². The van der Waals surface area contributed by atoms with Crippen LogP contribution in [-0.2, 0) is 57.2 Å². The third-order valence-electron chi connectivity index (χ3n) is 14.7. The Morgan fingerprint density at radius 1 is 0.788 bits per heavy atom. The van der Waals surface area contributed by atoms with Gasteiger partial charge in [0.2, 0.25) is 5.06 Å². The zero-order chi connectivity index (χ0) is 38.6. The van der Waals surface area contributed by atoms with Crippen molar-refractivity contribution in [3.05, 3.63) is 0 Å². The molecule has 7 rings (SSSR count). The van der Waals surface area contributed by atoms with Crippen LogP contribution in [0.1, 0.15) is 68.7 Å². The number of ketones is 1. The van der Waals surface area contributed by atoms with Gasteiger partial charge in [0.25, 0.3) is 0 Å². The summed E-state index contributed by atoms with van der Waals surface area (Å²) in [4.78, 5) is 80.3. The predicted octanol–water partition coefficient (Wildman–Crippen LogP) is 2.07. The van der Waals surface area contributed by atoms with Crippen LogP contribution in [-0.4, -0.2) is 105 Å². The van der Waals surface area contributed by atoms with E-state index in [1.54, 1.807) is 20.8 Å². The topological polar surface area (TPSA) is 202 Å². The first-order chi connectivity index (χ1) is 23.9. The highest BCUT2D eigenvalue weighted by molar-refractivity contribution is 6.33. The molecule has 16 heteroatoms. The van der Waals surface area contributed by atoms with E-state index in [0.717, 1.165) is 0 Å². The summed E-state index contributed by atoms with van der Waals surface area (Å²) in [6.45, 7) is 12.8. The monoisotopic (exact) mass is 772 g/mol. The third-order valence-corrected chi connectivity index (χ3v) is 16.2. The van der Waals surface area contributed by atoms with E-state index in [0.29, 0.717) is 0 Å². The fraction of sp³-hybridized carbons (Fsp3) is 0.833. The highest BCUT2D eigenvalue weighted by Crippen LogP contribution is 2.78. The molecule has 0 amide bonds. The van der Waals surface area contributed by atoms with Gasteiger partial charge in [0.1, 0.15) is 36.6 Å². The fourth-order valence-corrected chi connectivity index (χ4v) is 13.7. The Hall–Kier alpha value is -2.52. The number of Topliss-reactive ketones (excluding diaryl/α,β-unsaturated/α-hetero) is 1. The summed E-state index contributed by atoms with van der Waals surface area (Å²) < 4.78 is 36.3. The Bertz CT molecular complexity index is 1650. The number of halogens is 2. The number of hydrogen-bond donors (Lipinski definition) is 2. The van der Waals surface area contributed by atoms with Crippen molar-refractivity contribution in [3.8, 4) is 0 Å². The zero-order valence-electron chi connectivity index (χ0n) is 30.4. The van der Waals surface area contributed by atoms with E-state index in [1.807, 2.05) is 0 Å². The zero-order valence-corrected chi connectivity index (χ0v) is 31.9. The second-order valence-corrected chi connectivity index (χ2v) is 18.0. The average Bonchev–Trinajstić information content (AvgIpc) is 3.72. The van der Waals surface area contributed by atoms with Crippen LogP contribution in [0, 0.1) is 57.7 Å². The van der Waals surface area contributed by atoms with Gasteiger partial charge in [-0.2, -0.15) is 0 Å². The number of carbonyl (C=O) groups is 6. The second kappa shape index (κ2) is 11.5. The van der Waals surface area contributed by atoms with Crippen LogP contribution in [0.5, 0.6) is 0 Å². The normalized spacial score (nSPS) is 55.2. The number of epoxide rings is 1. The van der Waals surface area contributed by atoms with Crippen LogP contribution in [0.3, 0.4) is 0 Å². The van der Waals surface area contributed by atoms with Crippen LogP contribution >= 0.6 is 23.2 Å². The Morgan fingerprint density at radius 3 is 1.87 bits per heavy atom. The maximum absolute atomic E-state index is 14.6. The van der Waals surface area contributed by atoms with Gasteiger partial charge in [0, 0.05) is 68.1 Å². The van der Waals surface area contributed by atoms with E-state index in [-0.39, 0.29) is 6.42 Å². The molecule has 288 valence electrons. The van der Waals surface area contributed by atoms with E-state index >= 15 is 0 Å². The minimum Gasteiger partial charge on any atom is -0.462 e. The fourth-order valence-electron chi connectivity index (χ4n) is 12.7. The molecule has 2 N–H and O–H groups in total. The summed E-state index contributed by atoms with van der Waals surface area (Å²) in [5.41, 5.74) is -6.94. The number of alkyl halides is 2. The van der Waals surface area contributed by atoms with Crippen LogP contribution in [0.25, 0.3) is 0 Å². The molecule has 5 saturated carbocycles. The standard InChI is InChI=1S/C36H46Cl2O14/c1-11-19-22(34(8)35(9,46)31(45)52-36(34,38)28(11)37)26(47-12(2)39)20-18-21(27(48-13(3)40)30(33(19,20)7)50-15(5)42)32(6)16(23(43)24(18)44)10-17-25(51-17)29(32)49-14(4)41/h11,16-22,24-30,44,46H,10H2,1-9H3/t11-,16+,17-,18?,19-,20+,21?,22-,24+,25-,26+,27-,28?,29-,30-,32-,33+,34-,35+,36?/m0/s1. The molecule has 0 aromatic carbocycles. The van der Waals surface area contributed by atoms with Gasteiger partial charge < -0.3 is 38.6 Å². The second-order valence-electron chi connectivity index (χ2n) is 17.0. The summed E-state index contributed by atoms with van der Waals surface area (Å²) in [6.07, 6.45) is -7.65. The number of aliphatic hydroxyl groups excluding tert-OH is 1. The first-order valence-corrected chi connectivity index (χ1v) is 18.6. The van der Waals surface area contributed by atoms with Gasteiger partial charge >= 0.3 is 29.8 Å². The molecule has 14 nitrogen and oxygen atoms in total. The molecule has 0 radical (unpaired) electrons. The molecular formula is C36H46Cl2O14. The lowest BCUT2D eigenvalue weighted by atomic mass is 9.41. The molecular weight excluding hydrogens is 727 g/mol. The van der Waals surface area contributed by atoms with Gasteiger partial charge in [-0.3, -0.25) is 24.0 Å². The largest absolute Gasteiger partial charge is 0.462 e. The van der Waals surface area contributed by atoms with Gasteiger partial charge in [-0.1, -0.05) is 39.3 Å². The summed E-state index contributed by atoms with van der Waals surface area (Å²) >= 11 is 14.4. The maximum atomic E-state index is 14.6. The summed E-state index contributed by atoms with van der Waals surface area (Å²) in [5, 5.41) is 21.2. The van der Waals surface area contributed by atoms with Crippen molar-refractivity contribution in [2.75, 3.05) is 0 Å². The van der Waals surface area contributed by atoms with Crippen molar-refractivity contribution in [2.45, 2.75) is 128 Å². The Labute approximate surface area is 310 Å². The number of esters is 5. The van der Waals surface area contributed by atoms with Crippen molar-refractivity contribution in [1.82, 2.24) is 0 Å². The van der Waals surface area contributed by atoms with E-state index in [2.05, 4.69) is 0 Å². The van der Waals surface area contributed by atoms with Gasteiger partial charge in [-0.15, -0.1) is 11.6 Å². The molecule has 5 aliphatic carbocycles. The molecule has 20 atom stereocenters. The molecule has 2 heterocycles. The highest BCUT2D eigenvalue weighted by Gasteiger charge is 2.88. The Morgan fingerprint density at radius 2 is 1.31 bits per heavy atom. The lowest BCUT2D eigenvalue weighted by Crippen LogP contribution is -2.75. The summed E-state index contributed by atoms with van der Waals surface area (Å²) in [6, 6.07) is 0. The summed E-state index contributed by atoms with van der Waals surface area (Å²) in [7, 11) is 0. The first kappa shape index (κ1) is 37.8. The van der Waals surface area contributed by atoms with Crippen molar-refractivity contribution in [2.24, 2.45) is 57.7 Å². The molecule has 4 unspecified atom stereocenters. The molecule has 0 spiro atoms. The number of aliphatic hydroxyl groups is 2. The highest BCUT2D eigenvalue weighted by atomic mass is 35.5. The third kappa shape index (κ3) is 4.41. The van der Waals surface area contributed by atoms with E-state index in [9.17, 15) is 39.0 Å². The van der Waals surface area contributed by atoms with E-state index in [4.69, 9.17) is 51.6 Å². The van der Waals surface area contributed by atoms with Gasteiger partial charge in [0.15, 0.2) is 11.4 Å². The van der Waals surface area contributed by atoms with Gasteiger partial charge in [-0.25, -0.2) is 4.79 Å². The van der Waals surface area contributed by atoms with E-state index in [1.165, 1.54) is 41.5 Å². The smallest absolute Gasteiger partial charge is 0.340 e. The molecule has 0 aromatic heterocycles. The summed E-state index contributed by atoms with van der Waals surface area (Å²) in [5.74, 6) is -11.5. The molecule has 2 aliphatic heterocycles. The lowest BCUT2D eigenvalue weighted by molar-refractivity contribution is -0.273. The molecule has 7 aliphatic rings. The number of ether oxygens (including phenoxy) is 6. The van der Waals surface area contributed by atoms with Gasteiger partial charge in [-0.05, 0) is 25.2 Å². The van der Waals surface area contributed by atoms with Crippen molar-refractivity contribution >= 4 is 58.8 Å². The Balaban J connectivity index is 1.56. The Kier molecular flexibility index (Phi) is 8.36. The number of carbonyl (C=O) groups excluding carboxylic acids is 6. The SMILES string of the molecule is CC(=O)O[C@H]1[C@@H]2[C@H]([C@H](C)C(Cl)C3(Cl)OC(=O)[C@@](C)(O)[C@]23C)[C@]2(C)[C@@H]1C1C([C@H](OC(C)=O)[C@@H]2OC(C)=O)[C@]2(C)[C@H](C[C@@H]3O[C@@H]3[C@@H]2OC(C)=O)C(=O)[C@@H]1O. The minimum absolute atomic E-state index is 0.184. The molecule has 0 aromatic rings. The van der Waals surface area contributed by atoms with Crippen LogP contribution in [0.4, 0.5) is 0 Å². The van der Waals surface area contributed by atoms with Crippen LogP contribution in [0.15, 0.2) is 0 Å². The van der Waals surface area contributed by atoms with Crippen molar-refractivity contribution in [1.29, 1.82) is 0 Å². The molecule has 52 heavy (non-hydrogen) atoms. The minimum atomic E-state index is -2.31. The quantitative estimate of drug-likeness (QED) is 0.182. The maximum Gasteiger partial charge on any atom is 0.340 e. The lowest BCUT2D eigenvalue weighted by Gasteiger charge is -2.65. The molecule has 2 saturated heterocycles. The number of hydrogen-bond acceptors (Lipinski definition) is 14. The molecule has 7 fully saturated rings. The predicted molar refractivity (Wildman–Crippen MR) is 176 cm³/mol. The number of rotatable bonds is 4.